The molecule has 1 N–H and O–H groups in total. The van der Waals surface area contributed by atoms with E-state index >= 15 is 0 Å². The van der Waals surface area contributed by atoms with Crippen LogP contribution in [0.15, 0.2) is 67.5 Å². The Morgan fingerprint density at radius 3 is 2.35 bits per heavy atom. The van der Waals surface area contributed by atoms with E-state index in [0.29, 0.717) is 15.1 Å². The summed E-state index contributed by atoms with van der Waals surface area (Å²) < 4.78 is 1.78. The van der Waals surface area contributed by atoms with E-state index in [-0.39, 0.29) is 6.04 Å². The van der Waals surface area contributed by atoms with Crippen LogP contribution in [0.3, 0.4) is 0 Å². The van der Waals surface area contributed by atoms with Gasteiger partial charge in [-0.2, -0.15) is 5.10 Å². The lowest BCUT2D eigenvalue weighted by atomic mass is 9.94. The van der Waals surface area contributed by atoms with Gasteiger partial charge in [-0.15, -0.1) is 0 Å². The molecule has 0 aliphatic rings. The second kappa shape index (κ2) is 7.16. The average Bonchev–Trinajstić information content (AvgIpc) is 3.30. The van der Waals surface area contributed by atoms with Gasteiger partial charge in [0.2, 0.25) is 0 Å². The van der Waals surface area contributed by atoms with Crippen molar-refractivity contribution in [3.8, 4) is 11.1 Å². The fraction of sp³-hybridized carbons (Fsp3) is 0.0526. The summed E-state index contributed by atoms with van der Waals surface area (Å²) in [6, 6.07) is 12.9. The normalized spacial score (nSPS) is 12.3. The largest absolute Gasteiger partial charge is 0.367 e. The summed E-state index contributed by atoms with van der Waals surface area (Å²) in [7, 11) is 0. The minimum atomic E-state index is -0.251. The van der Waals surface area contributed by atoms with Crippen LogP contribution < -0.4 is 0 Å². The van der Waals surface area contributed by atoms with Gasteiger partial charge < -0.3 is 4.98 Å². The third kappa shape index (κ3) is 3.23. The molecule has 0 fully saturated rings. The Labute approximate surface area is 165 Å². The van der Waals surface area contributed by atoms with Crippen molar-refractivity contribution in [1.82, 2.24) is 19.7 Å². The van der Waals surface area contributed by atoms with E-state index in [1.54, 1.807) is 17.1 Å². The predicted molar refractivity (Wildman–Crippen MR) is 105 cm³/mol. The summed E-state index contributed by atoms with van der Waals surface area (Å²) in [5.41, 5.74) is 3.98. The van der Waals surface area contributed by atoms with E-state index in [1.807, 2.05) is 48.8 Å². The molecule has 0 bridgehead atoms. The molecule has 1 atom stereocenters. The molecular weight excluding hydrogens is 391 g/mol. The lowest BCUT2D eigenvalue weighted by Crippen LogP contribution is -2.13. The number of rotatable bonds is 4. The summed E-state index contributed by atoms with van der Waals surface area (Å²) in [4.78, 5) is 7.29. The third-order valence-electron chi connectivity index (χ3n) is 4.19. The van der Waals surface area contributed by atoms with Gasteiger partial charge in [0, 0.05) is 38.6 Å². The highest BCUT2D eigenvalue weighted by molar-refractivity contribution is 6.35. The van der Waals surface area contributed by atoms with Crippen LogP contribution in [0.5, 0.6) is 0 Å². The van der Waals surface area contributed by atoms with Crippen molar-refractivity contribution < 1.29 is 0 Å². The van der Waals surface area contributed by atoms with Crippen LogP contribution in [-0.4, -0.2) is 19.7 Å². The van der Waals surface area contributed by atoms with Gasteiger partial charge in [-0.1, -0.05) is 53.0 Å². The maximum Gasteiger partial charge on any atom is 0.137 e. The van der Waals surface area contributed by atoms with E-state index in [2.05, 4.69) is 15.1 Å². The number of H-pyrrole nitrogens is 1. The highest BCUT2D eigenvalue weighted by Crippen LogP contribution is 2.37. The monoisotopic (exact) mass is 402 g/mol. The van der Waals surface area contributed by atoms with Crippen LogP contribution >= 0.6 is 34.8 Å². The summed E-state index contributed by atoms with van der Waals surface area (Å²) in [5, 5.41) is 6.19. The van der Waals surface area contributed by atoms with Gasteiger partial charge in [-0.05, 0) is 35.4 Å². The molecule has 2 aromatic heterocycles. The van der Waals surface area contributed by atoms with E-state index in [9.17, 15) is 0 Å². The highest BCUT2D eigenvalue weighted by Gasteiger charge is 2.24. The van der Waals surface area contributed by atoms with Gasteiger partial charge in [-0.3, -0.25) is 0 Å². The number of nitrogens with zero attached hydrogens (tertiary/aromatic N) is 3. The predicted octanol–water partition coefficient (Wildman–Crippen LogP) is 5.87. The van der Waals surface area contributed by atoms with Crippen LogP contribution in [0.1, 0.15) is 17.2 Å². The summed E-state index contributed by atoms with van der Waals surface area (Å²) in [6.07, 6.45) is 7.08. The molecule has 0 radical (unpaired) electrons. The number of aromatic nitrogens is 4. The Morgan fingerprint density at radius 1 is 0.885 bits per heavy atom. The minimum absolute atomic E-state index is 0.251. The van der Waals surface area contributed by atoms with Gasteiger partial charge in [0.05, 0.1) is 0 Å². The van der Waals surface area contributed by atoms with Crippen LogP contribution in [0, 0.1) is 0 Å². The molecule has 2 aromatic carbocycles. The zero-order valence-corrected chi connectivity index (χ0v) is 15.7. The second-order valence-corrected chi connectivity index (χ2v) is 7.06. The number of halogens is 3. The van der Waals surface area contributed by atoms with Crippen LogP contribution in [0.25, 0.3) is 11.1 Å². The highest BCUT2D eigenvalue weighted by atomic mass is 35.5. The van der Waals surface area contributed by atoms with Crippen molar-refractivity contribution >= 4 is 34.8 Å². The van der Waals surface area contributed by atoms with E-state index in [1.165, 1.54) is 6.33 Å². The van der Waals surface area contributed by atoms with Gasteiger partial charge in [0.1, 0.15) is 18.7 Å². The molecule has 0 saturated heterocycles. The van der Waals surface area contributed by atoms with Gasteiger partial charge in [0.25, 0.3) is 0 Å². The molecule has 4 nitrogen and oxygen atoms in total. The molecular formula is C19H13Cl3N4. The van der Waals surface area contributed by atoms with Crippen molar-refractivity contribution in [3.63, 3.8) is 0 Å². The summed E-state index contributed by atoms with van der Waals surface area (Å²) >= 11 is 18.6. The lowest BCUT2D eigenvalue weighted by Gasteiger charge is -2.20. The standard InChI is InChI=1S/C19H13Cl3N4/c20-13-3-1-12(2-4-13)16-8-23-9-17(16)19(26-11-24-10-25-26)15-6-5-14(21)7-18(15)22/h1-11,19,23H. The maximum atomic E-state index is 6.50. The third-order valence-corrected chi connectivity index (χ3v) is 5.00. The number of nitrogens with one attached hydrogen (secondary N) is 1. The van der Waals surface area contributed by atoms with E-state index in [0.717, 1.165) is 22.3 Å². The zero-order valence-electron chi connectivity index (χ0n) is 13.4. The van der Waals surface area contributed by atoms with Crippen LogP contribution in [-0.2, 0) is 0 Å². The van der Waals surface area contributed by atoms with Gasteiger partial charge >= 0.3 is 0 Å². The molecule has 0 amide bonds. The molecule has 1 unspecified atom stereocenters. The Kier molecular flexibility index (Phi) is 4.72. The van der Waals surface area contributed by atoms with Crippen molar-refractivity contribution in [3.05, 3.63) is 93.7 Å². The fourth-order valence-electron chi connectivity index (χ4n) is 3.01. The van der Waals surface area contributed by atoms with Crippen LogP contribution in [0.2, 0.25) is 15.1 Å². The number of aromatic amines is 1. The Bertz CT molecular complexity index is 1020. The molecule has 2 heterocycles. The zero-order chi connectivity index (χ0) is 18.1. The summed E-state index contributed by atoms with van der Waals surface area (Å²) in [5.74, 6) is 0. The first-order valence-corrected chi connectivity index (χ1v) is 8.98. The van der Waals surface area contributed by atoms with E-state index in [4.69, 9.17) is 34.8 Å². The first-order chi connectivity index (χ1) is 12.6. The Morgan fingerprint density at radius 2 is 1.65 bits per heavy atom. The van der Waals surface area contributed by atoms with E-state index < -0.39 is 0 Å². The maximum absolute atomic E-state index is 6.50. The molecule has 0 saturated carbocycles. The lowest BCUT2D eigenvalue weighted by molar-refractivity contribution is 0.595. The van der Waals surface area contributed by atoms with Crippen molar-refractivity contribution in [2.45, 2.75) is 6.04 Å². The number of benzene rings is 2. The first-order valence-electron chi connectivity index (χ1n) is 7.85. The summed E-state index contributed by atoms with van der Waals surface area (Å²) in [6.45, 7) is 0. The van der Waals surface area contributed by atoms with Crippen molar-refractivity contribution in [2.75, 3.05) is 0 Å². The van der Waals surface area contributed by atoms with Crippen molar-refractivity contribution in [2.24, 2.45) is 0 Å². The van der Waals surface area contributed by atoms with Crippen molar-refractivity contribution in [1.29, 1.82) is 0 Å². The molecule has 0 spiro atoms. The topological polar surface area (TPSA) is 46.5 Å². The van der Waals surface area contributed by atoms with Crippen LogP contribution in [0.4, 0.5) is 0 Å². The average molecular weight is 404 g/mol. The quantitative estimate of drug-likeness (QED) is 0.463. The number of hydrogen-bond donors (Lipinski definition) is 1. The Balaban J connectivity index is 1.89. The molecule has 4 aromatic rings. The molecule has 130 valence electrons. The number of hydrogen-bond acceptors (Lipinski definition) is 2. The van der Waals surface area contributed by atoms with Gasteiger partial charge in [0.15, 0.2) is 0 Å². The molecule has 7 heteroatoms. The second-order valence-electron chi connectivity index (χ2n) is 5.78. The molecule has 0 aliphatic carbocycles. The molecule has 26 heavy (non-hydrogen) atoms. The smallest absolute Gasteiger partial charge is 0.137 e. The molecule has 0 aliphatic heterocycles. The van der Waals surface area contributed by atoms with Gasteiger partial charge in [-0.25, -0.2) is 9.67 Å². The molecule has 4 rings (SSSR count). The SMILES string of the molecule is Clc1ccc(-c2c[nH]cc2C(c2ccc(Cl)cc2Cl)n2cncn2)cc1. The fourth-order valence-corrected chi connectivity index (χ4v) is 3.65. The Hall–Kier alpha value is -2.27. The minimum Gasteiger partial charge on any atom is -0.367 e. The first kappa shape index (κ1) is 17.2.